The van der Waals surface area contributed by atoms with Crippen LogP contribution in [0.1, 0.15) is 45.3 Å². The third-order valence-electron chi connectivity index (χ3n) is 4.44. The zero-order chi connectivity index (χ0) is 15.1. The van der Waals surface area contributed by atoms with Gasteiger partial charge in [-0.1, -0.05) is 23.8 Å². The van der Waals surface area contributed by atoms with Gasteiger partial charge >= 0.3 is 0 Å². The maximum atomic E-state index is 5.54. The lowest BCUT2D eigenvalue weighted by Crippen LogP contribution is -2.30. The van der Waals surface area contributed by atoms with Gasteiger partial charge in [0, 0.05) is 25.2 Å². The van der Waals surface area contributed by atoms with E-state index in [0.717, 1.165) is 23.4 Å². The Kier molecular flexibility index (Phi) is 3.76. The van der Waals surface area contributed by atoms with E-state index < -0.39 is 0 Å². The number of H-pyrrole nitrogens is 1. The molecule has 0 aliphatic carbocycles. The fraction of sp³-hybridized carbons (Fsp3) is 0.471. The average molecular weight is 301 g/mol. The number of aromatic amines is 1. The highest BCUT2D eigenvalue weighted by atomic mass is 32.1. The minimum Gasteiger partial charge on any atom is -0.331 e. The van der Waals surface area contributed by atoms with Crippen molar-refractivity contribution < 1.29 is 0 Å². The number of aromatic nitrogens is 2. The molecule has 0 radical (unpaired) electrons. The molecule has 0 saturated heterocycles. The molecule has 1 aromatic carbocycles. The zero-order valence-corrected chi connectivity index (χ0v) is 14.0. The summed E-state index contributed by atoms with van der Waals surface area (Å²) >= 11 is 5.54. The van der Waals surface area contributed by atoms with Crippen molar-refractivity contribution in [1.29, 1.82) is 0 Å². The number of para-hydroxylation sites is 1. The van der Waals surface area contributed by atoms with Gasteiger partial charge < -0.3 is 9.55 Å². The second-order valence-electron chi connectivity index (χ2n) is 6.30. The van der Waals surface area contributed by atoms with Crippen LogP contribution in [-0.2, 0) is 0 Å². The second-order valence-corrected chi connectivity index (χ2v) is 6.69. The van der Waals surface area contributed by atoms with E-state index in [1.807, 2.05) is 0 Å². The molecule has 0 bridgehead atoms. The third-order valence-corrected chi connectivity index (χ3v) is 4.74. The fourth-order valence-electron chi connectivity index (χ4n) is 3.27. The standard InChI is InChI=1S/C17H23N3S/c1-11(2)8-9-19-10-12(3)20-16-14(13(19)4)6-5-7-15(16)18-17(20)21/h5-8,12-13H,9-10H2,1-4H3,(H,18,21)/t12-,13-/m1/s1. The Labute approximate surface area is 131 Å². The molecule has 3 rings (SSSR count). The summed E-state index contributed by atoms with van der Waals surface area (Å²) in [5.41, 5.74) is 5.17. The topological polar surface area (TPSA) is 24.0 Å². The van der Waals surface area contributed by atoms with Gasteiger partial charge in [-0.25, -0.2) is 0 Å². The maximum absolute atomic E-state index is 5.54. The molecule has 1 aromatic heterocycles. The van der Waals surface area contributed by atoms with E-state index in [0.29, 0.717) is 12.1 Å². The molecule has 0 saturated carbocycles. The van der Waals surface area contributed by atoms with Crippen molar-refractivity contribution in [3.05, 3.63) is 40.2 Å². The number of nitrogens with zero attached hydrogens (tertiary/aromatic N) is 2. The summed E-state index contributed by atoms with van der Waals surface area (Å²) in [6, 6.07) is 7.25. The summed E-state index contributed by atoms with van der Waals surface area (Å²) in [6.45, 7) is 10.9. The first-order valence-corrected chi connectivity index (χ1v) is 8.00. The van der Waals surface area contributed by atoms with Crippen LogP contribution in [0.3, 0.4) is 0 Å². The Bertz CT molecular complexity index is 749. The van der Waals surface area contributed by atoms with Crippen molar-refractivity contribution in [2.45, 2.75) is 39.8 Å². The van der Waals surface area contributed by atoms with Crippen molar-refractivity contribution in [2.75, 3.05) is 13.1 Å². The number of rotatable bonds is 2. The molecule has 3 nitrogen and oxygen atoms in total. The predicted molar refractivity (Wildman–Crippen MR) is 91.3 cm³/mol. The summed E-state index contributed by atoms with van der Waals surface area (Å²) in [6.07, 6.45) is 2.31. The normalized spacial score (nSPS) is 22.3. The molecule has 21 heavy (non-hydrogen) atoms. The van der Waals surface area contributed by atoms with Gasteiger partial charge in [-0.3, -0.25) is 4.90 Å². The summed E-state index contributed by atoms with van der Waals surface area (Å²) < 4.78 is 3.13. The summed E-state index contributed by atoms with van der Waals surface area (Å²) in [7, 11) is 0. The summed E-state index contributed by atoms with van der Waals surface area (Å²) in [4.78, 5) is 5.89. The van der Waals surface area contributed by atoms with E-state index in [9.17, 15) is 0 Å². The molecule has 2 atom stereocenters. The van der Waals surface area contributed by atoms with Crippen LogP contribution in [0.2, 0.25) is 0 Å². The minimum absolute atomic E-state index is 0.378. The van der Waals surface area contributed by atoms with Crippen LogP contribution in [0.5, 0.6) is 0 Å². The highest BCUT2D eigenvalue weighted by molar-refractivity contribution is 7.71. The first-order chi connectivity index (χ1) is 9.99. The lowest BCUT2D eigenvalue weighted by atomic mass is 10.1. The number of imidazole rings is 1. The number of hydrogen-bond acceptors (Lipinski definition) is 2. The van der Waals surface area contributed by atoms with E-state index in [-0.39, 0.29) is 0 Å². The summed E-state index contributed by atoms with van der Waals surface area (Å²) in [5.74, 6) is 0. The number of benzene rings is 1. The molecule has 2 heterocycles. The van der Waals surface area contributed by atoms with Gasteiger partial charge in [0.2, 0.25) is 0 Å². The van der Waals surface area contributed by atoms with E-state index >= 15 is 0 Å². The smallest absolute Gasteiger partial charge is 0.178 e. The van der Waals surface area contributed by atoms with Gasteiger partial charge in [-0.2, -0.15) is 0 Å². The van der Waals surface area contributed by atoms with Crippen LogP contribution < -0.4 is 0 Å². The number of allylic oxidation sites excluding steroid dienone is 1. The second kappa shape index (κ2) is 5.43. The van der Waals surface area contributed by atoms with E-state index in [2.05, 4.69) is 66.4 Å². The quantitative estimate of drug-likeness (QED) is 0.647. The minimum atomic E-state index is 0.378. The van der Waals surface area contributed by atoms with Crippen molar-refractivity contribution in [3.63, 3.8) is 0 Å². The van der Waals surface area contributed by atoms with Gasteiger partial charge in [0.05, 0.1) is 11.0 Å². The molecule has 0 unspecified atom stereocenters. The average Bonchev–Trinajstić information content (AvgIpc) is 2.72. The first-order valence-electron chi connectivity index (χ1n) is 7.59. The Balaban J connectivity index is 2.14. The molecule has 0 fully saturated rings. The molecule has 0 amide bonds. The van der Waals surface area contributed by atoms with Crippen LogP contribution >= 0.6 is 12.2 Å². The molecule has 0 spiro atoms. The largest absolute Gasteiger partial charge is 0.331 e. The van der Waals surface area contributed by atoms with Gasteiger partial charge in [0.15, 0.2) is 4.77 Å². The maximum Gasteiger partial charge on any atom is 0.178 e. The lowest BCUT2D eigenvalue weighted by Gasteiger charge is -2.28. The SMILES string of the molecule is CC(C)=CCN1C[C@@H](C)n2c(=S)[nH]c3cccc(c32)[C@H]1C. The van der Waals surface area contributed by atoms with Crippen molar-refractivity contribution in [2.24, 2.45) is 0 Å². The number of hydrogen-bond donors (Lipinski definition) is 1. The van der Waals surface area contributed by atoms with Crippen LogP contribution in [-0.4, -0.2) is 27.5 Å². The van der Waals surface area contributed by atoms with Crippen LogP contribution in [0.4, 0.5) is 0 Å². The Morgan fingerprint density at radius 2 is 2.14 bits per heavy atom. The van der Waals surface area contributed by atoms with Crippen molar-refractivity contribution in [1.82, 2.24) is 14.5 Å². The monoisotopic (exact) mass is 301 g/mol. The number of nitrogens with one attached hydrogen (secondary N) is 1. The predicted octanol–water partition coefficient (Wildman–Crippen LogP) is 4.60. The van der Waals surface area contributed by atoms with Gasteiger partial charge in [0.1, 0.15) is 0 Å². The Hall–Kier alpha value is -1.39. The van der Waals surface area contributed by atoms with E-state index in [1.165, 1.54) is 16.7 Å². The Morgan fingerprint density at radius 3 is 2.86 bits per heavy atom. The molecule has 1 aliphatic heterocycles. The van der Waals surface area contributed by atoms with Crippen LogP contribution in [0.15, 0.2) is 29.8 Å². The Morgan fingerprint density at radius 1 is 1.38 bits per heavy atom. The van der Waals surface area contributed by atoms with E-state index in [1.54, 1.807) is 0 Å². The molecule has 4 heteroatoms. The lowest BCUT2D eigenvalue weighted by molar-refractivity contribution is 0.213. The van der Waals surface area contributed by atoms with Gasteiger partial charge in [-0.15, -0.1) is 0 Å². The molecule has 2 aromatic rings. The van der Waals surface area contributed by atoms with Crippen molar-refractivity contribution in [3.8, 4) is 0 Å². The van der Waals surface area contributed by atoms with Gasteiger partial charge in [0.25, 0.3) is 0 Å². The molecular weight excluding hydrogens is 278 g/mol. The zero-order valence-electron chi connectivity index (χ0n) is 13.2. The highest BCUT2D eigenvalue weighted by Crippen LogP contribution is 2.34. The van der Waals surface area contributed by atoms with Crippen molar-refractivity contribution >= 4 is 23.3 Å². The third kappa shape index (κ3) is 2.47. The molecular formula is C17H23N3S. The summed E-state index contributed by atoms with van der Waals surface area (Å²) in [5, 5.41) is 0. The highest BCUT2D eigenvalue weighted by Gasteiger charge is 2.26. The first kappa shape index (κ1) is 14.5. The van der Waals surface area contributed by atoms with Gasteiger partial charge in [-0.05, 0) is 51.5 Å². The van der Waals surface area contributed by atoms with Crippen LogP contribution in [0.25, 0.3) is 11.0 Å². The fourth-order valence-corrected chi connectivity index (χ4v) is 3.66. The van der Waals surface area contributed by atoms with Crippen LogP contribution in [0, 0.1) is 4.77 Å². The molecule has 112 valence electrons. The molecule has 1 N–H and O–H groups in total. The molecule has 1 aliphatic rings. The van der Waals surface area contributed by atoms with E-state index in [4.69, 9.17) is 12.2 Å².